The second kappa shape index (κ2) is 4.63. The van der Waals surface area contributed by atoms with Gasteiger partial charge in [-0.25, -0.2) is 4.39 Å². The maximum absolute atomic E-state index is 13.8. The van der Waals surface area contributed by atoms with Crippen LogP contribution in [0.4, 0.5) is 4.39 Å². The molecule has 2 N–H and O–H groups in total. The smallest absolute Gasteiger partial charge is 0.127 e. The zero-order valence-corrected chi connectivity index (χ0v) is 11.4. The van der Waals surface area contributed by atoms with Gasteiger partial charge in [-0.1, -0.05) is 18.5 Å². The van der Waals surface area contributed by atoms with E-state index in [9.17, 15) is 4.39 Å². The van der Waals surface area contributed by atoms with Crippen LogP contribution in [-0.4, -0.2) is 0 Å². The van der Waals surface area contributed by atoms with Gasteiger partial charge >= 0.3 is 0 Å². The average Bonchev–Trinajstić information content (AvgIpc) is 2.34. The second-order valence-electron chi connectivity index (χ2n) is 4.53. The summed E-state index contributed by atoms with van der Waals surface area (Å²) in [5.74, 6) is 0.312. The van der Waals surface area contributed by atoms with Crippen molar-refractivity contribution in [1.29, 1.82) is 0 Å². The van der Waals surface area contributed by atoms with Gasteiger partial charge < -0.3 is 5.73 Å². The molecule has 1 aromatic carbocycles. The van der Waals surface area contributed by atoms with Crippen molar-refractivity contribution in [2.75, 3.05) is 0 Å². The summed E-state index contributed by atoms with van der Waals surface area (Å²) < 4.78 is 14.4. The van der Waals surface area contributed by atoms with Crippen LogP contribution in [0.3, 0.4) is 0 Å². The Kier molecular flexibility index (Phi) is 3.57. The molecule has 1 aliphatic rings. The first-order valence-electron chi connectivity index (χ1n) is 5.42. The number of hydrogen-bond donors (Lipinski definition) is 1. The summed E-state index contributed by atoms with van der Waals surface area (Å²) in [6.07, 6.45) is 2.56. The fraction of sp³-hybridized carbons (Fsp3) is 0.500. The van der Waals surface area contributed by atoms with Crippen molar-refractivity contribution in [2.24, 2.45) is 11.7 Å². The number of hydrogen-bond acceptors (Lipinski definition) is 1. The standard InChI is InChI=1S/C12H14BrClFN/c1-6-2-3-7-9(15)5-8(13)12(14)11(7)10(16)4-6/h5-6,10H,2-4,16H2,1H3. The molecule has 4 heteroatoms. The van der Waals surface area contributed by atoms with E-state index < -0.39 is 0 Å². The highest BCUT2D eigenvalue weighted by molar-refractivity contribution is 9.10. The molecule has 2 rings (SSSR count). The van der Waals surface area contributed by atoms with Gasteiger partial charge in [-0.15, -0.1) is 0 Å². The lowest BCUT2D eigenvalue weighted by molar-refractivity contribution is 0.463. The lowest BCUT2D eigenvalue weighted by Gasteiger charge is -2.17. The molecule has 0 saturated carbocycles. The van der Waals surface area contributed by atoms with Gasteiger partial charge in [0.15, 0.2) is 0 Å². The Labute approximate surface area is 108 Å². The van der Waals surface area contributed by atoms with E-state index in [2.05, 4.69) is 22.9 Å². The molecular weight excluding hydrogens is 292 g/mol. The van der Waals surface area contributed by atoms with Gasteiger partial charge in [-0.05, 0) is 58.3 Å². The predicted molar refractivity (Wildman–Crippen MR) is 68.1 cm³/mol. The summed E-state index contributed by atoms with van der Waals surface area (Å²) in [6, 6.07) is 1.27. The molecule has 0 heterocycles. The van der Waals surface area contributed by atoms with Crippen LogP contribution in [0.1, 0.15) is 36.9 Å². The van der Waals surface area contributed by atoms with Crippen LogP contribution >= 0.6 is 27.5 Å². The largest absolute Gasteiger partial charge is 0.324 e. The summed E-state index contributed by atoms with van der Waals surface area (Å²) in [5, 5.41) is 0.568. The minimum atomic E-state index is -0.198. The Hall–Kier alpha value is -0.120. The Morgan fingerprint density at radius 1 is 1.56 bits per heavy atom. The minimum Gasteiger partial charge on any atom is -0.324 e. The first-order valence-corrected chi connectivity index (χ1v) is 6.59. The number of rotatable bonds is 0. The molecular formula is C12H14BrClFN. The molecule has 2 unspecified atom stereocenters. The van der Waals surface area contributed by atoms with Crippen LogP contribution in [-0.2, 0) is 6.42 Å². The van der Waals surface area contributed by atoms with Gasteiger partial charge in [-0.3, -0.25) is 0 Å². The van der Waals surface area contributed by atoms with Crippen LogP contribution < -0.4 is 5.73 Å². The van der Waals surface area contributed by atoms with Crippen molar-refractivity contribution in [3.05, 3.63) is 32.5 Å². The topological polar surface area (TPSA) is 26.0 Å². The summed E-state index contributed by atoms with van der Waals surface area (Å²) >= 11 is 9.47. The van der Waals surface area contributed by atoms with E-state index in [0.717, 1.165) is 24.8 Å². The third kappa shape index (κ3) is 2.13. The number of halogens is 3. The third-order valence-electron chi connectivity index (χ3n) is 3.23. The monoisotopic (exact) mass is 305 g/mol. The Bertz CT molecular complexity index is 422. The van der Waals surface area contributed by atoms with E-state index >= 15 is 0 Å². The van der Waals surface area contributed by atoms with E-state index in [0.29, 0.717) is 21.0 Å². The highest BCUT2D eigenvalue weighted by Crippen LogP contribution is 2.39. The van der Waals surface area contributed by atoms with E-state index in [-0.39, 0.29) is 11.9 Å². The SMILES string of the molecule is CC1CCc2c(F)cc(Br)c(Cl)c2C(N)C1. The van der Waals surface area contributed by atoms with E-state index in [1.54, 1.807) is 0 Å². The fourth-order valence-corrected chi connectivity index (χ4v) is 3.08. The van der Waals surface area contributed by atoms with Crippen molar-refractivity contribution in [1.82, 2.24) is 0 Å². The highest BCUT2D eigenvalue weighted by Gasteiger charge is 2.25. The van der Waals surface area contributed by atoms with Crippen LogP contribution in [0.15, 0.2) is 10.5 Å². The Morgan fingerprint density at radius 2 is 2.25 bits per heavy atom. The van der Waals surface area contributed by atoms with Crippen molar-refractivity contribution in [2.45, 2.75) is 32.2 Å². The molecule has 1 aliphatic carbocycles. The normalized spacial score (nSPS) is 25.1. The molecule has 0 radical (unpaired) electrons. The summed E-state index contributed by atoms with van der Waals surface area (Å²) in [6.45, 7) is 2.15. The molecule has 0 amide bonds. The Balaban J connectivity index is 2.59. The van der Waals surface area contributed by atoms with Crippen molar-refractivity contribution >= 4 is 27.5 Å². The quantitative estimate of drug-likeness (QED) is 0.564. The number of benzene rings is 1. The van der Waals surface area contributed by atoms with Crippen LogP contribution in [0.25, 0.3) is 0 Å². The van der Waals surface area contributed by atoms with Gasteiger partial charge in [0.25, 0.3) is 0 Å². The molecule has 0 saturated heterocycles. The summed E-state index contributed by atoms with van der Waals surface area (Å²) in [7, 11) is 0. The number of nitrogens with two attached hydrogens (primary N) is 1. The lowest BCUT2D eigenvalue weighted by Crippen LogP contribution is -2.14. The van der Waals surface area contributed by atoms with E-state index in [4.69, 9.17) is 17.3 Å². The van der Waals surface area contributed by atoms with Crippen LogP contribution in [0, 0.1) is 11.7 Å². The van der Waals surface area contributed by atoms with Gasteiger partial charge in [0.05, 0.1) is 5.02 Å². The van der Waals surface area contributed by atoms with Crippen LogP contribution in [0.2, 0.25) is 5.02 Å². The molecule has 16 heavy (non-hydrogen) atoms. The van der Waals surface area contributed by atoms with Gasteiger partial charge in [0.1, 0.15) is 5.82 Å². The van der Waals surface area contributed by atoms with Crippen molar-refractivity contribution in [3.63, 3.8) is 0 Å². The first kappa shape index (κ1) is 12.3. The zero-order chi connectivity index (χ0) is 11.9. The van der Waals surface area contributed by atoms with E-state index in [1.807, 2.05) is 0 Å². The third-order valence-corrected chi connectivity index (χ3v) is 4.49. The Morgan fingerprint density at radius 3 is 2.94 bits per heavy atom. The molecule has 1 nitrogen and oxygen atoms in total. The average molecular weight is 307 g/mol. The molecule has 0 aliphatic heterocycles. The second-order valence-corrected chi connectivity index (χ2v) is 5.76. The zero-order valence-electron chi connectivity index (χ0n) is 9.06. The molecule has 0 spiro atoms. The van der Waals surface area contributed by atoms with Crippen LogP contribution in [0.5, 0.6) is 0 Å². The lowest BCUT2D eigenvalue weighted by atomic mass is 9.98. The molecule has 0 aromatic heterocycles. The van der Waals surface area contributed by atoms with E-state index in [1.165, 1.54) is 6.07 Å². The molecule has 0 fully saturated rings. The minimum absolute atomic E-state index is 0.160. The van der Waals surface area contributed by atoms with Crippen molar-refractivity contribution < 1.29 is 4.39 Å². The molecule has 1 aromatic rings. The van der Waals surface area contributed by atoms with Gasteiger partial charge in [0, 0.05) is 10.5 Å². The molecule has 88 valence electrons. The number of fused-ring (bicyclic) bond motifs is 1. The predicted octanol–water partition coefficient (Wildman–Crippen LogP) is 4.21. The molecule has 0 bridgehead atoms. The maximum Gasteiger partial charge on any atom is 0.127 e. The fourth-order valence-electron chi connectivity index (χ4n) is 2.35. The molecule has 2 atom stereocenters. The van der Waals surface area contributed by atoms with Gasteiger partial charge in [0.2, 0.25) is 0 Å². The highest BCUT2D eigenvalue weighted by atomic mass is 79.9. The first-order chi connectivity index (χ1) is 7.50. The summed E-state index contributed by atoms with van der Waals surface area (Å²) in [5.41, 5.74) is 7.59. The maximum atomic E-state index is 13.8. The van der Waals surface area contributed by atoms with Crippen molar-refractivity contribution in [3.8, 4) is 0 Å². The summed E-state index contributed by atoms with van der Waals surface area (Å²) in [4.78, 5) is 0. The van der Waals surface area contributed by atoms with Gasteiger partial charge in [-0.2, -0.15) is 0 Å².